The lowest BCUT2D eigenvalue weighted by Crippen LogP contribution is -2.37. The number of anilines is 1. The third-order valence-electron chi connectivity index (χ3n) is 2.05. The number of fused-ring (bicyclic) bond motifs is 3. The SMILES string of the molecule is ON1C=C2Sc3c(Br)cccc3N2N1. The molecule has 1 aromatic rings. The van der Waals surface area contributed by atoms with Crippen LogP contribution in [0.3, 0.4) is 0 Å². The Labute approximate surface area is 93.2 Å². The molecule has 72 valence electrons. The largest absolute Gasteiger partial charge is 0.272 e. The first-order chi connectivity index (χ1) is 6.75. The standard InChI is InChI=1S/C8H6BrN3OS/c9-5-2-1-3-6-8(5)14-7-4-11(13)10-12(6)7/h1-4,10,13H. The minimum atomic E-state index is 0.951. The van der Waals surface area contributed by atoms with E-state index in [1.807, 2.05) is 23.2 Å². The van der Waals surface area contributed by atoms with Crippen molar-refractivity contribution in [2.24, 2.45) is 0 Å². The molecule has 0 spiro atoms. The molecule has 0 radical (unpaired) electrons. The van der Waals surface area contributed by atoms with Gasteiger partial charge < -0.3 is 0 Å². The summed E-state index contributed by atoms with van der Waals surface area (Å²) in [6, 6.07) is 5.97. The highest BCUT2D eigenvalue weighted by molar-refractivity contribution is 9.10. The van der Waals surface area contributed by atoms with Gasteiger partial charge in [0.25, 0.3) is 0 Å². The first kappa shape index (κ1) is 8.60. The van der Waals surface area contributed by atoms with E-state index in [0.29, 0.717) is 0 Å². The lowest BCUT2D eigenvalue weighted by Gasteiger charge is -2.16. The van der Waals surface area contributed by atoms with Crippen LogP contribution in [0.2, 0.25) is 0 Å². The number of nitrogens with zero attached hydrogens (tertiary/aromatic N) is 2. The number of rotatable bonds is 0. The van der Waals surface area contributed by atoms with Crippen LogP contribution in [0.1, 0.15) is 0 Å². The number of hydrazine groups is 2. The third-order valence-corrected chi connectivity index (χ3v) is 4.10. The van der Waals surface area contributed by atoms with Gasteiger partial charge >= 0.3 is 0 Å². The van der Waals surface area contributed by atoms with Crippen LogP contribution < -0.4 is 10.5 Å². The Balaban J connectivity index is 2.13. The number of hydrogen-bond acceptors (Lipinski definition) is 5. The molecule has 0 amide bonds. The molecule has 1 aromatic carbocycles. The number of hydroxylamine groups is 1. The summed E-state index contributed by atoms with van der Waals surface area (Å²) in [5.41, 5.74) is 3.84. The van der Waals surface area contributed by atoms with Crippen molar-refractivity contribution in [2.45, 2.75) is 4.90 Å². The number of benzene rings is 1. The fraction of sp³-hybridized carbons (Fsp3) is 0. The highest BCUT2D eigenvalue weighted by atomic mass is 79.9. The van der Waals surface area contributed by atoms with Crippen molar-refractivity contribution in [3.05, 3.63) is 33.9 Å². The van der Waals surface area contributed by atoms with Crippen molar-refractivity contribution in [1.29, 1.82) is 0 Å². The van der Waals surface area contributed by atoms with E-state index in [9.17, 15) is 5.21 Å². The number of hydrogen-bond donors (Lipinski definition) is 2. The van der Waals surface area contributed by atoms with E-state index in [4.69, 9.17) is 0 Å². The van der Waals surface area contributed by atoms with Gasteiger partial charge in [-0.3, -0.25) is 5.21 Å². The molecule has 0 aliphatic carbocycles. The van der Waals surface area contributed by atoms with Crippen molar-refractivity contribution in [3.63, 3.8) is 0 Å². The van der Waals surface area contributed by atoms with Crippen molar-refractivity contribution >= 4 is 33.4 Å². The molecule has 3 rings (SSSR count). The van der Waals surface area contributed by atoms with Gasteiger partial charge in [0, 0.05) is 4.47 Å². The minimum absolute atomic E-state index is 0.951. The zero-order chi connectivity index (χ0) is 9.71. The second-order valence-corrected chi connectivity index (χ2v) is 4.82. The molecule has 0 saturated heterocycles. The topological polar surface area (TPSA) is 38.7 Å². The molecule has 0 aromatic heterocycles. The van der Waals surface area contributed by atoms with E-state index in [2.05, 4.69) is 21.5 Å². The summed E-state index contributed by atoms with van der Waals surface area (Å²) >= 11 is 5.11. The zero-order valence-corrected chi connectivity index (χ0v) is 9.34. The minimum Gasteiger partial charge on any atom is -0.272 e. The van der Waals surface area contributed by atoms with Crippen LogP contribution in [0.4, 0.5) is 5.69 Å². The van der Waals surface area contributed by atoms with Crippen LogP contribution in [0.25, 0.3) is 0 Å². The Hall–Kier alpha value is -0.690. The van der Waals surface area contributed by atoms with E-state index in [0.717, 1.165) is 20.4 Å². The fourth-order valence-corrected chi connectivity index (χ4v) is 3.09. The molecule has 0 fully saturated rings. The van der Waals surface area contributed by atoms with Gasteiger partial charge in [-0.15, -0.1) is 5.53 Å². The average Bonchev–Trinajstić information content (AvgIpc) is 2.63. The van der Waals surface area contributed by atoms with Gasteiger partial charge in [-0.1, -0.05) is 17.8 Å². The number of nitrogens with one attached hydrogen (secondary N) is 1. The zero-order valence-electron chi connectivity index (χ0n) is 6.94. The third kappa shape index (κ3) is 1.08. The molecule has 0 saturated carbocycles. The van der Waals surface area contributed by atoms with Crippen molar-refractivity contribution < 1.29 is 5.21 Å². The lowest BCUT2D eigenvalue weighted by atomic mass is 10.3. The van der Waals surface area contributed by atoms with Crippen molar-refractivity contribution in [2.75, 3.05) is 5.01 Å². The first-order valence-electron chi connectivity index (χ1n) is 3.98. The Bertz CT molecular complexity index is 437. The monoisotopic (exact) mass is 271 g/mol. The predicted molar refractivity (Wildman–Crippen MR) is 57.3 cm³/mol. The molecule has 14 heavy (non-hydrogen) atoms. The first-order valence-corrected chi connectivity index (χ1v) is 5.59. The van der Waals surface area contributed by atoms with Crippen LogP contribution in [-0.4, -0.2) is 10.4 Å². The van der Waals surface area contributed by atoms with Crippen LogP contribution in [0, 0.1) is 0 Å². The molecule has 2 N–H and O–H groups in total. The van der Waals surface area contributed by atoms with Gasteiger partial charge in [0.15, 0.2) is 0 Å². The van der Waals surface area contributed by atoms with E-state index in [1.54, 1.807) is 18.0 Å². The Morgan fingerprint density at radius 3 is 3.14 bits per heavy atom. The molecule has 2 heterocycles. The van der Waals surface area contributed by atoms with E-state index in [-0.39, 0.29) is 0 Å². The van der Waals surface area contributed by atoms with E-state index < -0.39 is 0 Å². The molecule has 2 aliphatic rings. The van der Waals surface area contributed by atoms with Gasteiger partial charge in [0.05, 0.1) is 16.8 Å². The lowest BCUT2D eigenvalue weighted by molar-refractivity contribution is -0.0792. The smallest absolute Gasteiger partial charge is 0.118 e. The highest BCUT2D eigenvalue weighted by Gasteiger charge is 2.32. The van der Waals surface area contributed by atoms with Crippen molar-refractivity contribution in [3.8, 4) is 0 Å². The number of thioether (sulfide) groups is 1. The van der Waals surface area contributed by atoms with Crippen molar-refractivity contribution in [1.82, 2.24) is 10.7 Å². The van der Waals surface area contributed by atoms with Crippen LogP contribution in [-0.2, 0) is 0 Å². The van der Waals surface area contributed by atoms with Crippen LogP contribution >= 0.6 is 27.7 Å². The molecule has 2 aliphatic heterocycles. The second-order valence-electron chi connectivity index (χ2n) is 2.94. The maximum Gasteiger partial charge on any atom is 0.118 e. The molecular formula is C8H6BrN3OS. The summed E-state index contributed by atoms with van der Waals surface area (Å²) in [5, 5.41) is 13.0. The van der Waals surface area contributed by atoms with Gasteiger partial charge in [-0.25, -0.2) is 5.01 Å². The Kier molecular flexibility index (Phi) is 1.78. The maximum absolute atomic E-state index is 9.21. The van der Waals surface area contributed by atoms with Crippen LogP contribution in [0.15, 0.2) is 38.8 Å². The number of halogens is 1. The van der Waals surface area contributed by atoms with Gasteiger partial charge in [0.2, 0.25) is 0 Å². The maximum atomic E-state index is 9.21. The molecule has 4 nitrogen and oxygen atoms in total. The molecule has 0 atom stereocenters. The summed E-state index contributed by atoms with van der Waals surface area (Å²) in [4.78, 5) is 1.17. The summed E-state index contributed by atoms with van der Waals surface area (Å²) in [7, 11) is 0. The summed E-state index contributed by atoms with van der Waals surface area (Å²) in [6.07, 6.45) is 1.64. The summed E-state index contributed by atoms with van der Waals surface area (Å²) < 4.78 is 1.07. The van der Waals surface area contributed by atoms with Gasteiger partial charge in [0.1, 0.15) is 5.03 Å². The highest BCUT2D eigenvalue weighted by Crippen LogP contribution is 2.49. The quantitative estimate of drug-likeness (QED) is 0.758. The fourth-order valence-electron chi connectivity index (χ4n) is 1.47. The van der Waals surface area contributed by atoms with Crippen LogP contribution in [0.5, 0.6) is 0 Å². The average molecular weight is 272 g/mol. The van der Waals surface area contributed by atoms with E-state index >= 15 is 0 Å². The normalized spacial score (nSPS) is 18.3. The summed E-state index contributed by atoms with van der Waals surface area (Å²) in [5.74, 6) is 0. The molecular weight excluding hydrogens is 266 g/mol. The predicted octanol–water partition coefficient (Wildman–Crippen LogP) is 2.28. The molecule has 0 unspecified atom stereocenters. The second kappa shape index (κ2) is 2.90. The Morgan fingerprint density at radius 1 is 1.43 bits per heavy atom. The van der Waals surface area contributed by atoms with E-state index in [1.165, 1.54) is 4.90 Å². The van der Waals surface area contributed by atoms with Gasteiger partial charge in [-0.2, -0.15) is 5.17 Å². The Morgan fingerprint density at radius 2 is 2.29 bits per heavy atom. The molecule has 6 heteroatoms. The molecule has 0 bridgehead atoms. The van der Waals surface area contributed by atoms with Gasteiger partial charge in [-0.05, 0) is 28.1 Å². The summed E-state index contributed by atoms with van der Waals surface area (Å²) in [6.45, 7) is 0.